The lowest BCUT2D eigenvalue weighted by atomic mass is 10.4. The van der Waals surface area contributed by atoms with E-state index in [0.717, 1.165) is 12.4 Å². The molecule has 0 radical (unpaired) electrons. The van der Waals surface area contributed by atoms with E-state index < -0.39 is 19.0 Å². The molecule has 0 bridgehead atoms. The van der Waals surface area contributed by atoms with Gasteiger partial charge in [0.25, 0.3) is 0 Å². The average molecular weight is 225 g/mol. The number of hydrogen-bond donors (Lipinski definition) is 1. The summed E-state index contributed by atoms with van der Waals surface area (Å²) in [5, 5.41) is 0. The Morgan fingerprint density at radius 3 is 2.60 bits per heavy atom. The van der Waals surface area contributed by atoms with Gasteiger partial charge < -0.3 is 10.5 Å². The van der Waals surface area contributed by atoms with Crippen molar-refractivity contribution in [3.63, 3.8) is 0 Å². The largest absolute Gasteiger partial charge is 0.470 e. The summed E-state index contributed by atoms with van der Waals surface area (Å²) in [5.41, 5.74) is 5.17. The molecule has 0 aliphatic carbocycles. The van der Waals surface area contributed by atoms with Gasteiger partial charge in [0.05, 0.1) is 12.4 Å². The molecule has 0 aromatic carbocycles. The zero-order valence-electron chi connectivity index (χ0n) is 7.33. The Kier molecular flexibility index (Phi) is 3.28. The summed E-state index contributed by atoms with van der Waals surface area (Å²) in [5.74, 6) is -4.59. The van der Waals surface area contributed by atoms with Crippen molar-refractivity contribution < 1.29 is 22.3 Å². The molecule has 1 heterocycles. The highest BCUT2D eigenvalue weighted by Crippen LogP contribution is 2.23. The maximum absolute atomic E-state index is 12.4. The smallest absolute Gasteiger partial charge is 0.340 e. The van der Waals surface area contributed by atoms with E-state index in [1.807, 2.05) is 0 Å². The maximum atomic E-state index is 12.4. The first-order chi connectivity index (χ1) is 6.92. The molecule has 0 spiro atoms. The van der Waals surface area contributed by atoms with E-state index >= 15 is 0 Å². The number of nitrogens with zero attached hydrogens (tertiary/aromatic N) is 2. The summed E-state index contributed by atoms with van der Waals surface area (Å²) in [6.07, 6.45) is -1.62. The first-order valence-electron chi connectivity index (χ1n) is 3.78. The lowest BCUT2D eigenvalue weighted by molar-refractivity contribution is -0.148. The molecular formula is C7H7F4N3O. The van der Waals surface area contributed by atoms with E-state index in [0.29, 0.717) is 0 Å². The van der Waals surface area contributed by atoms with Crippen molar-refractivity contribution in [3.05, 3.63) is 12.4 Å². The predicted molar refractivity (Wildman–Crippen MR) is 42.9 cm³/mol. The molecule has 4 nitrogen and oxygen atoms in total. The van der Waals surface area contributed by atoms with Crippen molar-refractivity contribution in [2.45, 2.75) is 12.3 Å². The first kappa shape index (κ1) is 11.5. The average Bonchev–Trinajstić information content (AvgIpc) is 2.15. The zero-order chi connectivity index (χ0) is 11.5. The van der Waals surface area contributed by atoms with E-state index in [4.69, 9.17) is 5.73 Å². The topological polar surface area (TPSA) is 61.0 Å². The molecule has 0 saturated carbocycles. The molecule has 0 saturated heterocycles. The lowest BCUT2D eigenvalue weighted by Gasteiger charge is -2.15. The van der Waals surface area contributed by atoms with Crippen LogP contribution < -0.4 is 10.5 Å². The zero-order valence-corrected chi connectivity index (χ0v) is 7.33. The molecule has 0 unspecified atom stereocenters. The van der Waals surface area contributed by atoms with Crippen molar-refractivity contribution in [1.82, 2.24) is 9.97 Å². The molecule has 8 heteroatoms. The van der Waals surface area contributed by atoms with Crippen LogP contribution in [0.5, 0.6) is 5.88 Å². The minimum Gasteiger partial charge on any atom is -0.470 e. The summed E-state index contributed by atoms with van der Waals surface area (Å²) < 4.78 is 52.5. The molecule has 0 aliphatic rings. The second-order valence-electron chi connectivity index (χ2n) is 2.63. The predicted octanol–water partition coefficient (Wildman–Crippen LogP) is 1.34. The Bertz CT molecular complexity index is 334. The van der Waals surface area contributed by atoms with Gasteiger partial charge in [-0.3, -0.25) is 4.98 Å². The summed E-state index contributed by atoms with van der Waals surface area (Å²) in [4.78, 5) is 6.94. The van der Waals surface area contributed by atoms with Crippen LogP contribution in [-0.2, 0) is 0 Å². The number of ether oxygens (including phenoxy) is 1. The van der Waals surface area contributed by atoms with Gasteiger partial charge in [-0.15, -0.1) is 0 Å². The fourth-order valence-electron chi connectivity index (χ4n) is 0.665. The molecule has 0 amide bonds. The fourth-order valence-corrected chi connectivity index (χ4v) is 0.665. The highest BCUT2D eigenvalue weighted by Gasteiger charge is 2.41. The van der Waals surface area contributed by atoms with Crippen molar-refractivity contribution in [2.24, 2.45) is 0 Å². The van der Waals surface area contributed by atoms with Gasteiger partial charge in [-0.2, -0.15) is 13.8 Å². The van der Waals surface area contributed by atoms with Gasteiger partial charge in [0.2, 0.25) is 5.88 Å². The molecular weight excluding hydrogens is 218 g/mol. The number of alkyl halides is 4. The third-order valence-corrected chi connectivity index (χ3v) is 1.36. The molecule has 84 valence electrons. The molecule has 1 rings (SSSR count). The van der Waals surface area contributed by atoms with Crippen molar-refractivity contribution in [2.75, 3.05) is 12.3 Å². The number of nitrogens with two attached hydrogens (primary N) is 1. The number of halogens is 4. The Balaban J connectivity index is 2.57. The minimum absolute atomic E-state index is 0.0483. The lowest BCUT2D eigenvalue weighted by Crippen LogP contribution is -2.33. The maximum Gasteiger partial charge on any atom is 0.340 e. The van der Waals surface area contributed by atoms with Crippen LogP contribution in [0, 0.1) is 0 Å². The van der Waals surface area contributed by atoms with Crippen LogP contribution in [0.4, 0.5) is 23.4 Å². The molecule has 1 aromatic rings. The Hall–Kier alpha value is -1.60. The Morgan fingerprint density at radius 1 is 1.40 bits per heavy atom. The number of aromatic nitrogens is 2. The van der Waals surface area contributed by atoms with Gasteiger partial charge in [-0.05, 0) is 0 Å². The summed E-state index contributed by atoms with van der Waals surface area (Å²) in [7, 11) is 0. The SMILES string of the molecule is Nc1cncc(OCC(F)(F)C(F)F)n1. The Labute approximate surface area is 82.1 Å². The van der Waals surface area contributed by atoms with E-state index in [9.17, 15) is 17.6 Å². The van der Waals surface area contributed by atoms with Gasteiger partial charge in [-0.25, -0.2) is 8.78 Å². The van der Waals surface area contributed by atoms with Crippen LogP contribution in [0.2, 0.25) is 0 Å². The van der Waals surface area contributed by atoms with E-state index in [1.165, 1.54) is 0 Å². The second-order valence-corrected chi connectivity index (χ2v) is 2.63. The van der Waals surface area contributed by atoms with Gasteiger partial charge in [-0.1, -0.05) is 0 Å². The van der Waals surface area contributed by atoms with Gasteiger partial charge in [0.1, 0.15) is 5.82 Å². The fraction of sp³-hybridized carbons (Fsp3) is 0.429. The normalized spacial score (nSPS) is 11.8. The third-order valence-electron chi connectivity index (χ3n) is 1.36. The number of anilines is 1. The van der Waals surface area contributed by atoms with Gasteiger partial charge >= 0.3 is 12.3 Å². The summed E-state index contributed by atoms with van der Waals surface area (Å²) >= 11 is 0. The molecule has 0 atom stereocenters. The summed E-state index contributed by atoms with van der Waals surface area (Å²) in [6, 6.07) is 0. The molecule has 0 aliphatic heterocycles. The van der Waals surface area contributed by atoms with Crippen LogP contribution in [0.1, 0.15) is 0 Å². The third kappa shape index (κ3) is 3.22. The molecule has 2 N–H and O–H groups in total. The van der Waals surface area contributed by atoms with Crippen molar-refractivity contribution >= 4 is 5.82 Å². The number of rotatable bonds is 4. The highest BCUT2D eigenvalue weighted by molar-refractivity contribution is 5.25. The van der Waals surface area contributed by atoms with Crippen LogP contribution >= 0.6 is 0 Å². The quantitative estimate of drug-likeness (QED) is 0.785. The van der Waals surface area contributed by atoms with Crippen LogP contribution in [0.25, 0.3) is 0 Å². The van der Waals surface area contributed by atoms with Crippen molar-refractivity contribution in [3.8, 4) is 5.88 Å². The monoisotopic (exact) mass is 225 g/mol. The second kappa shape index (κ2) is 4.28. The highest BCUT2D eigenvalue weighted by atomic mass is 19.3. The van der Waals surface area contributed by atoms with Gasteiger partial charge in [0.15, 0.2) is 6.61 Å². The van der Waals surface area contributed by atoms with Crippen LogP contribution in [0.3, 0.4) is 0 Å². The van der Waals surface area contributed by atoms with Crippen molar-refractivity contribution in [1.29, 1.82) is 0 Å². The number of nitrogen functional groups attached to an aromatic ring is 1. The van der Waals surface area contributed by atoms with Gasteiger partial charge in [0, 0.05) is 0 Å². The first-order valence-corrected chi connectivity index (χ1v) is 3.78. The molecule has 1 aromatic heterocycles. The van der Waals surface area contributed by atoms with E-state index in [-0.39, 0.29) is 11.7 Å². The van der Waals surface area contributed by atoms with Crippen LogP contribution in [0.15, 0.2) is 12.4 Å². The molecule has 0 fully saturated rings. The van der Waals surface area contributed by atoms with E-state index in [2.05, 4.69) is 14.7 Å². The minimum atomic E-state index is -4.22. The standard InChI is InChI=1S/C7H7F4N3O/c8-6(9)7(10,11)3-15-5-2-13-1-4(12)14-5/h1-2,6H,3H2,(H2,12,14). The molecule has 15 heavy (non-hydrogen) atoms. The van der Waals surface area contributed by atoms with Crippen LogP contribution in [-0.4, -0.2) is 28.9 Å². The number of hydrogen-bond acceptors (Lipinski definition) is 4. The Morgan fingerprint density at radius 2 is 2.07 bits per heavy atom. The summed E-state index contributed by atoms with van der Waals surface area (Å²) in [6.45, 7) is -1.47. The van der Waals surface area contributed by atoms with E-state index in [1.54, 1.807) is 0 Å².